The Morgan fingerprint density at radius 3 is 2.52 bits per heavy atom. The van der Waals surface area contributed by atoms with Gasteiger partial charge in [0, 0.05) is 25.2 Å². The Balaban J connectivity index is 1.85. The first-order valence-electron chi connectivity index (χ1n) is 8.62. The minimum atomic E-state index is -0.564. The van der Waals surface area contributed by atoms with Crippen molar-refractivity contribution in [1.82, 2.24) is 9.80 Å². The maximum atomic E-state index is 11.7. The lowest BCUT2D eigenvalue weighted by Crippen LogP contribution is -2.41. The van der Waals surface area contributed by atoms with Crippen LogP contribution in [0.15, 0.2) is 0 Å². The smallest absolute Gasteiger partial charge is 0.309 e. The lowest BCUT2D eigenvalue weighted by molar-refractivity contribution is -0.151. The van der Waals surface area contributed by atoms with Crippen LogP contribution in [0.4, 0.5) is 0 Å². The second-order valence-electron chi connectivity index (χ2n) is 7.41. The van der Waals surface area contributed by atoms with Gasteiger partial charge in [-0.3, -0.25) is 9.69 Å². The third-order valence-electron chi connectivity index (χ3n) is 5.76. The monoisotopic (exact) mass is 296 g/mol. The molecule has 1 heterocycles. The van der Waals surface area contributed by atoms with Gasteiger partial charge in [-0.25, -0.2) is 0 Å². The molecule has 1 N–H and O–H groups in total. The van der Waals surface area contributed by atoms with Crippen molar-refractivity contribution in [2.24, 2.45) is 5.41 Å². The van der Waals surface area contributed by atoms with Crippen LogP contribution < -0.4 is 0 Å². The van der Waals surface area contributed by atoms with Gasteiger partial charge in [0.1, 0.15) is 0 Å². The molecule has 0 aromatic heterocycles. The summed E-state index contributed by atoms with van der Waals surface area (Å²) in [5.74, 6) is -0.564. The normalized spacial score (nSPS) is 26.6. The van der Waals surface area contributed by atoms with Crippen molar-refractivity contribution >= 4 is 5.97 Å². The fourth-order valence-corrected chi connectivity index (χ4v) is 3.97. The van der Waals surface area contributed by atoms with Crippen molar-refractivity contribution in [2.75, 3.05) is 26.7 Å². The van der Waals surface area contributed by atoms with Gasteiger partial charge in [0.2, 0.25) is 0 Å². The Bertz CT molecular complexity index is 351. The number of carboxylic acids is 1. The predicted molar refractivity (Wildman–Crippen MR) is 85.5 cm³/mol. The summed E-state index contributed by atoms with van der Waals surface area (Å²) in [4.78, 5) is 16.7. The van der Waals surface area contributed by atoms with Gasteiger partial charge < -0.3 is 10.0 Å². The number of likely N-dealkylation sites (N-methyl/N-ethyl adjacent to an activating group) is 1. The van der Waals surface area contributed by atoms with Crippen LogP contribution in [-0.2, 0) is 4.79 Å². The van der Waals surface area contributed by atoms with Crippen LogP contribution in [0.2, 0.25) is 0 Å². The number of carboxylic acid groups (broad SMARTS) is 1. The zero-order valence-corrected chi connectivity index (χ0v) is 14.0. The molecule has 0 spiro atoms. The minimum Gasteiger partial charge on any atom is -0.481 e. The Labute approximate surface area is 129 Å². The van der Waals surface area contributed by atoms with Crippen LogP contribution in [0.3, 0.4) is 0 Å². The Morgan fingerprint density at radius 1 is 1.33 bits per heavy atom. The first-order chi connectivity index (χ1) is 9.94. The largest absolute Gasteiger partial charge is 0.481 e. The SMILES string of the molecule is CC(C)N1CCC(N(C)CCC2(C(=O)O)CCCCC2)C1. The first kappa shape index (κ1) is 16.8. The summed E-state index contributed by atoms with van der Waals surface area (Å²) in [6.45, 7) is 7.74. The molecule has 1 aliphatic carbocycles. The lowest BCUT2D eigenvalue weighted by Gasteiger charge is -2.35. The highest BCUT2D eigenvalue weighted by Gasteiger charge is 2.39. The van der Waals surface area contributed by atoms with Crippen molar-refractivity contribution in [1.29, 1.82) is 0 Å². The van der Waals surface area contributed by atoms with Gasteiger partial charge >= 0.3 is 5.97 Å². The molecule has 1 atom stereocenters. The maximum Gasteiger partial charge on any atom is 0.309 e. The Hall–Kier alpha value is -0.610. The number of hydrogen-bond acceptors (Lipinski definition) is 3. The second-order valence-corrected chi connectivity index (χ2v) is 7.41. The van der Waals surface area contributed by atoms with Gasteiger partial charge in [0.25, 0.3) is 0 Å². The summed E-state index contributed by atoms with van der Waals surface area (Å²) in [6, 6.07) is 1.22. The van der Waals surface area contributed by atoms with Crippen LogP contribution in [0, 0.1) is 5.41 Å². The zero-order valence-electron chi connectivity index (χ0n) is 14.0. The molecular weight excluding hydrogens is 264 g/mol. The molecule has 2 rings (SSSR count). The van der Waals surface area contributed by atoms with E-state index in [2.05, 4.69) is 30.7 Å². The van der Waals surface area contributed by atoms with Gasteiger partial charge in [-0.2, -0.15) is 0 Å². The number of aliphatic carboxylic acids is 1. The minimum absolute atomic E-state index is 0.442. The van der Waals surface area contributed by atoms with Gasteiger partial charge in [0.15, 0.2) is 0 Å². The molecular formula is C17H32N2O2. The molecule has 1 aliphatic heterocycles. The standard InChI is InChI=1S/C17H32N2O2/c1-14(2)19-11-7-15(13-19)18(3)12-10-17(16(20)21)8-5-4-6-9-17/h14-15H,4-13H2,1-3H3,(H,20,21). The van der Waals surface area contributed by atoms with E-state index in [1.54, 1.807) is 0 Å². The van der Waals surface area contributed by atoms with Crippen molar-refractivity contribution in [3.05, 3.63) is 0 Å². The fraction of sp³-hybridized carbons (Fsp3) is 0.941. The molecule has 0 bridgehead atoms. The van der Waals surface area contributed by atoms with Gasteiger partial charge in [-0.1, -0.05) is 19.3 Å². The molecule has 0 radical (unpaired) electrons. The third kappa shape index (κ3) is 3.98. The molecule has 4 heteroatoms. The number of nitrogens with zero attached hydrogens (tertiary/aromatic N) is 2. The van der Waals surface area contributed by atoms with Crippen molar-refractivity contribution in [2.45, 2.75) is 70.9 Å². The molecule has 4 nitrogen and oxygen atoms in total. The number of likely N-dealkylation sites (tertiary alicyclic amines) is 1. The van der Waals surface area contributed by atoms with Crippen molar-refractivity contribution in [3.63, 3.8) is 0 Å². The number of hydrogen-bond donors (Lipinski definition) is 1. The molecule has 0 amide bonds. The quantitative estimate of drug-likeness (QED) is 0.818. The summed E-state index contributed by atoms with van der Waals surface area (Å²) in [6.07, 6.45) is 7.15. The lowest BCUT2D eigenvalue weighted by atomic mass is 9.72. The highest BCUT2D eigenvalue weighted by Crippen LogP contribution is 2.39. The number of carbonyl (C=O) groups is 1. The van der Waals surface area contributed by atoms with Crippen LogP contribution >= 0.6 is 0 Å². The van der Waals surface area contributed by atoms with E-state index in [1.807, 2.05) is 0 Å². The Morgan fingerprint density at radius 2 is 2.00 bits per heavy atom. The summed E-state index contributed by atoms with van der Waals surface area (Å²) in [5.41, 5.74) is -0.442. The maximum absolute atomic E-state index is 11.7. The molecule has 1 saturated carbocycles. The molecule has 122 valence electrons. The van der Waals surface area contributed by atoms with E-state index >= 15 is 0 Å². The highest BCUT2D eigenvalue weighted by atomic mass is 16.4. The van der Waals surface area contributed by atoms with Gasteiger partial charge in [0.05, 0.1) is 5.41 Å². The molecule has 0 aromatic rings. The zero-order chi connectivity index (χ0) is 15.5. The van der Waals surface area contributed by atoms with Crippen LogP contribution in [0.25, 0.3) is 0 Å². The summed E-state index contributed by atoms with van der Waals surface area (Å²) < 4.78 is 0. The van der Waals surface area contributed by atoms with Crippen LogP contribution in [0.1, 0.15) is 58.8 Å². The molecule has 1 unspecified atom stereocenters. The second kappa shape index (κ2) is 7.10. The average molecular weight is 296 g/mol. The molecule has 21 heavy (non-hydrogen) atoms. The van der Waals surface area contributed by atoms with Crippen LogP contribution in [-0.4, -0.2) is 59.6 Å². The van der Waals surface area contributed by atoms with Crippen molar-refractivity contribution in [3.8, 4) is 0 Å². The van der Waals surface area contributed by atoms with Crippen molar-refractivity contribution < 1.29 is 9.90 Å². The average Bonchev–Trinajstić information content (AvgIpc) is 2.95. The van der Waals surface area contributed by atoms with E-state index in [-0.39, 0.29) is 0 Å². The fourth-order valence-electron chi connectivity index (χ4n) is 3.97. The van der Waals surface area contributed by atoms with E-state index in [0.717, 1.165) is 45.2 Å². The molecule has 1 saturated heterocycles. The van der Waals surface area contributed by atoms with Crippen LogP contribution in [0.5, 0.6) is 0 Å². The van der Waals surface area contributed by atoms with Gasteiger partial charge in [-0.05, 0) is 53.1 Å². The summed E-state index contributed by atoms with van der Waals surface area (Å²) in [5, 5.41) is 9.66. The number of rotatable bonds is 6. The first-order valence-corrected chi connectivity index (χ1v) is 8.62. The molecule has 2 aliphatic rings. The highest BCUT2D eigenvalue weighted by molar-refractivity contribution is 5.74. The van der Waals surface area contributed by atoms with E-state index in [9.17, 15) is 9.90 Å². The van der Waals surface area contributed by atoms with E-state index in [1.165, 1.54) is 19.4 Å². The van der Waals surface area contributed by atoms with E-state index in [0.29, 0.717) is 12.1 Å². The third-order valence-corrected chi connectivity index (χ3v) is 5.76. The Kier molecular flexibility index (Phi) is 5.67. The summed E-state index contributed by atoms with van der Waals surface area (Å²) >= 11 is 0. The summed E-state index contributed by atoms with van der Waals surface area (Å²) in [7, 11) is 2.17. The molecule has 2 fully saturated rings. The topological polar surface area (TPSA) is 43.8 Å². The predicted octanol–water partition coefficient (Wildman–Crippen LogP) is 2.83. The van der Waals surface area contributed by atoms with E-state index < -0.39 is 11.4 Å². The van der Waals surface area contributed by atoms with Gasteiger partial charge in [-0.15, -0.1) is 0 Å². The van der Waals surface area contributed by atoms with E-state index in [4.69, 9.17) is 0 Å². The molecule has 0 aromatic carbocycles.